The van der Waals surface area contributed by atoms with E-state index < -0.39 is 0 Å². The number of nitrogens with zero attached hydrogens (tertiary/aromatic N) is 2. The summed E-state index contributed by atoms with van der Waals surface area (Å²) in [6.07, 6.45) is 0. The second kappa shape index (κ2) is 3.97. The van der Waals surface area contributed by atoms with Crippen molar-refractivity contribution in [2.75, 3.05) is 7.05 Å². The maximum atomic E-state index is 4.59. The molecule has 1 rings (SSSR count). The van der Waals surface area contributed by atoms with Crippen molar-refractivity contribution < 1.29 is 0 Å². The Labute approximate surface area is 92.9 Å². The van der Waals surface area contributed by atoms with Gasteiger partial charge >= 0.3 is 0 Å². The topological polar surface area (TPSA) is 31.9 Å². The van der Waals surface area contributed by atoms with Crippen LogP contribution in [0.1, 0.15) is 44.9 Å². The van der Waals surface area contributed by atoms with E-state index in [0.29, 0.717) is 6.04 Å². The van der Waals surface area contributed by atoms with E-state index in [1.807, 2.05) is 6.92 Å². The Bertz CT molecular complexity index is 337. The molecule has 0 unspecified atom stereocenters. The molecule has 1 aromatic rings. The highest BCUT2D eigenvalue weighted by molar-refractivity contribution is 5.21. The van der Waals surface area contributed by atoms with Gasteiger partial charge in [0.25, 0.3) is 0 Å². The SMILES string of the molecule is Cc1nc(C(C)(C)N(C)C(C)C)c(C)[nH]1. The van der Waals surface area contributed by atoms with Crippen LogP contribution in [0.25, 0.3) is 0 Å². The molecule has 0 fully saturated rings. The van der Waals surface area contributed by atoms with Crippen molar-refractivity contribution in [2.45, 2.75) is 53.1 Å². The van der Waals surface area contributed by atoms with Crippen molar-refractivity contribution in [3.05, 3.63) is 17.2 Å². The predicted molar refractivity (Wildman–Crippen MR) is 64.0 cm³/mol. The highest BCUT2D eigenvalue weighted by atomic mass is 15.2. The molecule has 3 heteroatoms. The van der Waals surface area contributed by atoms with Gasteiger partial charge < -0.3 is 4.98 Å². The number of hydrogen-bond donors (Lipinski definition) is 1. The second-order valence-corrected chi connectivity index (χ2v) is 5.06. The molecule has 0 aromatic carbocycles. The van der Waals surface area contributed by atoms with Crippen molar-refractivity contribution in [3.63, 3.8) is 0 Å². The van der Waals surface area contributed by atoms with Crippen molar-refractivity contribution in [3.8, 4) is 0 Å². The molecule has 1 aromatic heterocycles. The molecule has 0 saturated carbocycles. The molecule has 0 bridgehead atoms. The summed E-state index contributed by atoms with van der Waals surface area (Å²) >= 11 is 0. The normalized spacial score (nSPS) is 12.9. The first-order valence-corrected chi connectivity index (χ1v) is 5.53. The Balaban J connectivity index is 3.10. The third-order valence-corrected chi connectivity index (χ3v) is 3.24. The van der Waals surface area contributed by atoms with Crippen LogP contribution < -0.4 is 0 Å². The quantitative estimate of drug-likeness (QED) is 0.830. The van der Waals surface area contributed by atoms with E-state index >= 15 is 0 Å². The van der Waals surface area contributed by atoms with Gasteiger partial charge in [0.2, 0.25) is 0 Å². The smallest absolute Gasteiger partial charge is 0.103 e. The highest BCUT2D eigenvalue weighted by Crippen LogP contribution is 2.28. The second-order valence-electron chi connectivity index (χ2n) is 5.06. The number of hydrogen-bond acceptors (Lipinski definition) is 2. The Morgan fingerprint density at radius 3 is 2.13 bits per heavy atom. The molecule has 3 nitrogen and oxygen atoms in total. The number of aryl methyl sites for hydroxylation is 2. The Hall–Kier alpha value is -0.830. The largest absolute Gasteiger partial charge is 0.346 e. The van der Waals surface area contributed by atoms with Gasteiger partial charge in [-0.2, -0.15) is 0 Å². The first-order chi connectivity index (χ1) is 6.76. The lowest BCUT2D eigenvalue weighted by molar-refractivity contribution is 0.114. The molecule has 86 valence electrons. The molecule has 0 saturated heterocycles. The maximum absolute atomic E-state index is 4.59. The molecule has 0 aliphatic heterocycles. The minimum Gasteiger partial charge on any atom is -0.346 e. The standard InChI is InChI=1S/C12H23N3/c1-8(2)15(7)12(5,6)11-9(3)13-10(4)14-11/h8H,1-7H3,(H,13,14). The molecule has 0 atom stereocenters. The lowest BCUT2D eigenvalue weighted by Gasteiger charge is -2.37. The van der Waals surface area contributed by atoms with Crippen LogP contribution in [0.2, 0.25) is 0 Å². The van der Waals surface area contributed by atoms with Crippen LogP contribution in [0.5, 0.6) is 0 Å². The van der Waals surface area contributed by atoms with Crippen molar-refractivity contribution in [2.24, 2.45) is 0 Å². The van der Waals surface area contributed by atoms with Crippen LogP contribution in [-0.4, -0.2) is 28.0 Å². The molecule has 0 radical (unpaired) electrons. The number of rotatable bonds is 3. The minimum absolute atomic E-state index is 0.0248. The van der Waals surface area contributed by atoms with Crippen LogP contribution >= 0.6 is 0 Å². The van der Waals surface area contributed by atoms with E-state index in [1.54, 1.807) is 0 Å². The maximum Gasteiger partial charge on any atom is 0.103 e. The van der Waals surface area contributed by atoms with E-state index in [-0.39, 0.29) is 5.54 Å². The lowest BCUT2D eigenvalue weighted by atomic mass is 9.96. The van der Waals surface area contributed by atoms with Gasteiger partial charge in [-0.05, 0) is 48.6 Å². The Kier molecular flexibility index (Phi) is 3.24. The van der Waals surface area contributed by atoms with E-state index in [4.69, 9.17) is 0 Å². The summed E-state index contributed by atoms with van der Waals surface area (Å²) in [5.41, 5.74) is 2.30. The molecular weight excluding hydrogens is 186 g/mol. The predicted octanol–water partition coefficient (Wildman–Crippen LogP) is 2.60. The van der Waals surface area contributed by atoms with E-state index in [0.717, 1.165) is 11.5 Å². The monoisotopic (exact) mass is 209 g/mol. The van der Waals surface area contributed by atoms with Gasteiger partial charge in [0.1, 0.15) is 5.82 Å². The van der Waals surface area contributed by atoms with Crippen LogP contribution in [0, 0.1) is 13.8 Å². The molecule has 1 N–H and O–H groups in total. The number of nitrogens with one attached hydrogen (secondary N) is 1. The average molecular weight is 209 g/mol. The zero-order valence-corrected chi connectivity index (χ0v) is 11.0. The minimum atomic E-state index is -0.0248. The van der Waals surface area contributed by atoms with Crippen LogP contribution in [0.3, 0.4) is 0 Å². The zero-order chi connectivity index (χ0) is 11.8. The van der Waals surface area contributed by atoms with Gasteiger partial charge in [-0.25, -0.2) is 4.98 Å². The fraction of sp³-hybridized carbons (Fsp3) is 0.750. The first kappa shape index (κ1) is 12.2. The van der Waals surface area contributed by atoms with Gasteiger partial charge in [0.05, 0.1) is 11.2 Å². The summed E-state index contributed by atoms with van der Waals surface area (Å²) in [6.45, 7) is 12.9. The highest BCUT2D eigenvalue weighted by Gasteiger charge is 2.31. The number of H-pyrrole nitrogens is 1. The van der Waals surface area contributed by atoms with Crippen molar-refractivity contribution in [1.29, 1.82) is 0 Å². The van der Waals surface area contributed by atoms with Crippen LogP contribution in [0.15, 0.2) is 0 Å². The number of aromatic amines is 1. The van der Waals surface area contributed by atoms with Gasteiger partial charge in [-0.3, -0.25) is 4.90 Å². The molecule has 0 aliphatic rings. The van der Waals surface area contributed by atoms with Gasteiger partial charge in [-0.15, -0.1) is 0 Å². The van der Waals surface area contributed by atoms with E-state index in [1.165, 1.54) is 5.69 Å². The number of aromatic nitrogens is 2. The number of imidazole rings is 1. The van der Waals surface area contributed by atoms with Crippen molar-refractivity contribution >= 4 is 0 Å². The Morgan fingerprint density at radius 2 is 1.80 bits per heavy atom. The third-order valence-electron chi connectivity index (χ3n) is 3.24. The fourth-order valence-corrected chi connectivity index (χ4v) is 2.02. The molecule has 15 heavy (non-hydrogen) atoms. The summed E-state index contributed by atoms with van der Waals surface area (Å²) in [6, 6.07) is 0.511. The molecular formula is C12H23N3. The van der Waals surface area contributed by atoms with E-state index in [9.17, 15) is 0 Å². The van der Waals surface area contributed by atoms with Crippen molar-refractivity contribution in [1.82, 2.24) is 14.9 Å². The molecule has 0 spiro atoms. The van der Waals surface area contributed by atoms with Crippen LogP contribution in [0.4, 0.5) is 0 Å². The summed E-state index contributed by atoms with van der Waals surface area (Å²) < 4.78 is 0. The average Bonchev–Trinajstić information content (AvgIpc) is 2.44. The first-order valence-electron chi connectivity index (χ1n) is 5.53. The zero-order valence-electron chi connectivity index (χ0n) is 11.0. The molecule has 0 aliphatic carbocycles. The molecule has 0 amide bonds. The third kappa shape index (κ3) is 2.23. The summed E-state index contributed by atoms with van der Waals surface area (Å²) in [5, 5.41) is 0. The lowest BCUT2D eigenvalue weighted by Crippen LogP contribution is -2.43. The van der Waals surface area contributed by atoms with E-state index in [2.05, 4.69) is 56.5 Å². The van der Waals surface area contributed by atoms with Gasteiger partial charge in [-0.1, -0.05) is 0 Å². The fourth-order valence-electron chi connectivity index (χ4n) is 2.02. The summed E-state index contributed by atoms with van der Waals surface area (Å²) in [5.74, 6) is 0.993. The van der Waals surface area contributed by atoms with Crippen LogP contribution in [-0.2, 0) is 5.54 Å². The summed E-state index contributed by atoms with van der Waals surface area (Å²) in [4.78, 5) is 10.2. The summed E-state index contributed by atoms with van der Waals surface area (Å²) in [7, 11) is 2.15. The Morgan fingerprint density at radius 1 is 1.27 bits per heavy atom. The van der Waals surface area contributed by atoms with Gasteiger partial charge in [0.15, 0.2) is 0 Å². The van der Waals surface area contributed by atoms with Gasteiger partial charge in [0, 0.05) is 11.7 Å². The molecule has 1 heterocycles.